The molecule has 2 atom stereocenters. The maximum absolute atomic E-state index is 15.0. The van der Waals surface area contributed by atoms with Gasteiger partial charge in [-0.3, -0.25) is 14.6 Å². The van der Waals surface area contributed by atoms with Crippen molar-refractivity contribution in [2.45, 2.75) is 63.6 Å². The zero-order valence-electron chi connectivity index (χ0n) is 33.5. The molecule has 5 aromatic rings. The lowest BCUT2D eigenvalue weighted by Gasteiger charge is -2.38. The Morgan fingerprint density at radius 3 is 1.40 bits per heavy atom. The number of carbonyl (C=O) groups is 2. The number of nitriles is 2. The van der Waals surface area contributed by atoms with E-state index in [-0.39, 0.29) is 13.1 Å². The van der Waals surface area contributed by atoms with Gasteiger partial charge in [0.2, 0.25) is 0 Å². The summed E-state index contributed by atoms with van der Waals surface area (Å²) in [4.78, 5) is 49.5. The van der Waals surface area contributed by atoms with Gasteiger partial charge in [0.15, 0.2) is 0 Å². The van der Waals surface area contributed by atoms with Crippen molar-refractivity contribution in [2.75, 3.05) is 20.1 Å². The van der Waals surface area contributed by atoms with Crippen LogP contribution in [-0.2, 0) is 29.9 Å². The van der Waals surface area contributed by atoms with Gasteiger partial charge in [0.25, 0.3) is 0 Å². The summed E-state index contributed by atoms with van der Waals surface area (Å²) in [5, 5.41) is 19.2. The van der Waals surface area contributed by atoms with Gasteiger partial charge in [0, 0.05) is 46.3 Å². The first-order chi connectivity index (χ1) is 27.5. The number of rotatable bonds is 4. The Morgan fingerprint density at radius 1 is 0.638 bits per heavy atom. The standard InChI is InChI=1S/C47H43N7O4/c1-44(2,3)57-42(55)46-26-54(7)27-47(46,43(56)58-45(4,5)6)39-23-33-17-19-35(51-33)41(31-14-10-29(25-49)11-15-31)37-21-20-36(52-37)40(30-12-8-28(24-48)9-13-30)34-18-16-32(50-34)22-38(46)53-39/h8-23,50-51H,26-27H2,1-7H3/t46-,47+. The van der Waals surface area contributed by atoms with Crippen molar-refractivity contribution in [1.29, 1.82) is 10.5 Å². The van der Waals surface area contributed by atoms with Crippen molar-refractivity contribution < 1.29 is 19.1 Å². The molecule has 58 heavy (non-hydrogen) atoms. The minimum atomic E-state index is -1.58. The lowest BCUT2D eigenvalue weighted by atomic mass is 9.63. The van der Waals surface area contributed by atoms with E-state index in [4.69, 9.17) is 19.4 Å². The number of nitrogens with one attached hydrogen (secondary N) is 2. The van der Waals surface area contributed by atoms with E-state index in [0.717, 1.165) is 33.3 Å². The molecule has 0 aliphatic carbocycles. The molecule has 8 rings (SSSR count). The van der Waals surface area contributed by atoms with E-state index in [1.807, 2.05) is 126 Å². The first-order valence-corrected chi connectivity index (χ1v) is 19.1. The predicted octanol–water partition coefficient (Wildman–Crippen LogP) is 8.37. The maximum atomic E-state index is 15.0. The van der Waals surface area contributed by atoms with E-state index in [1.54, 1.807) is 24.3 Å². The van der Waals surface area contributed by atoms with E-state index in [0.29, 0.717) is 44.9 Å². The highest BCUT2D eigenvalue weighted by atomic mass is 16.6. The fraction of sp³-hybridized carbons (Fsp3) is 0.277. The number of aromatic nitrogens is 4. The number of ether oxygens (including phenoxy) is 2. The molecule has 0 radical (unpaired) electrons. The number of hydrogen-bond acceptors (Lipinski definition) is 9. The number of benzene rings is 2. The largest absolute Gasteiger partial charge is 0.459 e. The van der Waals surface area contributed by atoms with Crippen LogP contribution in [0.25, 0.3) is 56.5 Å². The van der Waals surface area contributed by atoms with Gasteiger partial charge in [0.1, 0.15) is 22.0 Å². The van der Waals surface area contributed by atoms with Crippen LogP contribution in [0.4, 0.5) is 0 Å². The van der Waals surface area contributed by atoms with Crippen LogP contribution < -0.4 is 0 Å². The van der Waals surface area contributed by atoms with Crippen molar-refractivity contribution in [3.8, 4) is 34.4 Å². The maximum Gasteiger partial charge on any atom is 0.321 e. The molecule has 11 heteroatoms. The summed E-state index contributed by atoms with van der Waals surface area (Å²) in [5.74, 6) is -1.14. The SMILES string of the molecule is CN1C[C@]2(C(=O)OC(C)(C)C)c3cc4ccc([nH]4)c(-c4ccc(C#N)cc4)c4nc(c(-c5ccc(C#N)cc5)c5ccc(cc(n3)[C@]2(C(=O)OC(C)(C)C)C1)[nH]5)C=C4. The fourth-order valence-corrected chi connectivity index (χ4v) is 8.31. The molecule has 2 N–H and O–H groups in total. The van der Waals surface area contributed by atoms with Gasteiger partial charge in [-0.1, -0.05) is 24.3 Å². The third kappa shape index (κ3) is 6.44. The first-order valence-electron chi connectivity index (χ1n) is 19.1. The van der Waals surface area contributed by atoms with Crippen LogP contribution in [0.1, 0.15) is 75.4 Å². The molecule has 1 saturated heterocycles. The van der Waals surface area contributed by atoms with Gasteiger partial charge in [-0.25, -0.2) is 4.98 Å². The number of hydrogen-bond donors (Lipinski definition) is 2. The van der Waals surface area contributed by atoms with E-state index < -0.39 is 34.0 Å². The van der Waals surface area contributed by atoms with E-state index in [9.17, 15) is 20.1 Å². The van der Waals surface area contributed by atoms with Gasteiger partial charge >= 0.3 is 11.9 Å². The molecule has 0 unspecified atom stereocenters. The van der Waals surface area contributed by atoms with Crippen molar-refractivity contribution in [3.05, 3.63) is 119 Å². The molecule has 8 bridgehead atoms. The summed E-state index contributed by atoms with van der Waals surface area (Å²) in [6, 6.07) is 30.4. The van der Waals surface area contributed by atoms with E-state index >= 15 is 0 Å². The van der Waals surface area contributed by atoms with Crippen LogP contribution in [0.15, 0.2) is 84.9 Å². The third-order valence-electron chi connectivity index (χ3n) is 10.7. The molecule has 6 heterocycles. The number of aromatic amines is 2. The Hall–Kier alpha value is -6.82. The lowest BCUT2D eigenvalue weighted by Crippen LogP contribution is -2.58. The molecule has 0 saturated carbocycles. The Morgan fingerprint density at radius 2 is 1.03 bits per heavy atom. The summed E-state index contributed by atoms with van der Waals surface area (Å²) in [6.07, 6.45) is 3.93. The summed E-state index contributed by atoms with van der Waals surface area (Å²) in [7, 11) is 1.88. The van der Waals surface area contributed by atoms with Gasteiger partial charge < -0.3 is 24.3 Å². The van der Waals surface area contributed by atoms with Crippen molar-refractivity contribution in [3.63, 3.8) is 0 Å². The highest BCUT2D eigenvalue weighted by Crippen LogP contribution is 2.55. The van der Waals surface area contributed by atoms with Crippen LogP contribution >= 0.6 is 0 Å². The fourth-order valence-electron chi connectivity index (χ4n) is 8.31. The minimum Gasteiger partial charge on any atom is -0.459 e. The molecule has 11 nitrogen and oxygen atoms in total. The quantitative estimate of drug-likeness (QED) is 0.168. The molecule has 3 aliphatic rings. The zero-order chi connectivity index (χ0) is 41.2. The number of carbonyl (C=O) groups excluding carboxylic acids is 2. The van der Waals surface area contributed by atoms with Crippen LogP contribution in [0.5, 0.6) is 0 Å². The molecule has 0 spiro atoms. The monoisotopic (exact) mass is 769 g/mol. The van der Waals surface area contributed by atoms with E-state index in [2.05, 4.69) is 22.1 Å². The van der Waals surface area contributed by atoms with E-state index in [1.165, 1.54) is 0 Å². The average Bonchev–Trinajstić information content (AvgIpc) is 4.00. The molecule has 0 amide bonds. The normalized spacial score (nSPS) is 18.9. The molecule has 290 valence electrons. The molecule has 3 aliphatic heterocycles. The van der Waals surface area contributed by atoms with Crippen molar-refractivity contribution in [2.24, 2.45) is 0 Å². The topological polar surface area (TPSA) is 161 Å². The summed E-state index contributed by atoms with van der Waals surface area (Å²) >= 11 is 0. The average molecular weight is 770 g/mol. The number of fused-ring (bicyclic) bond motifs is 11. The molecular weight excluding hydrogens is 727 g/mol. The molecule has 1 fully saturated rings. The van der Waals surface area contributed by atoms with Crippen LogP contribution in [0, 0.1) is 22.7 Å². The minimum absolute atomic E-state index is 0.149. The summed E-state index contributed by atoms with van der Waals surface area (Å²) < 4.78 is 12.5. The Bertz CT molecular complexity index is 2600. The molecule has 3 aromatic heterocycles. The molecule has 2 aromatic carbocycles. The number of esters is 2. The summed E-state index contributed by atoms with van der Waals surface area (Å²) in [5.41, 5.74) is 4.23. The number of nitrogens with zero attached hydrogens (tertiary/aromatic N) is 5. The first kappa shape index (κ1) is 38.1. The van der Waals surface area contributed by atoms with Gasteiger partial charge in [-0.05, 0) is 133 Å². The van der Waals surface area contributed by atoms with Crippen molar-refractivity contribution in [1.82, 2.24) is 24.8 Å². The smallest absolute Gasteiger partial charge is 0.321 e. The Balaban J connectivity index is 1.53. The Labute approximate surface area is 336 Å². The summed E-state index contributed by atoms with van der Waals surface area (Å²) in [6.45, 7) is 11.2. The lowest BCUT2D eigenvalue weighted by molar-refractivity contribution is -0.175. The second-order valence-corrected chi connectivity index (χ2v) is 17.2. The second kappa shape index (κ2) is 13.7. The highest BCUT2D eigenvalue weighted by molar-refractivity contribution is 6.01. The highest BCUT2D eigenvalue weighted by Gasteiger charge is 2.73. The molecular formula is C47H43N7O4. The zero-order valence-corrected chi connectivity index (χ0v) is 33.5. The van der Waals surface area contributed by atoms with Gasteiger partial charge in [-0.15, -0.1) is 0 Å². The van der Waals surface area contributed by atoms with Gasteiger partial charge in [0.05, 0.1) is 46.0 Å². The van der Waals surface area contributed by atoms with Gasteiger partial charge in [-0.2, -0.15) is 10.5 Å². The Kier molecular flexibility index (Phi) is 8.98. The second-order valence-electron chi connectivity index (χ2n) is 17.2. The van der Waals surface area contributed by atoms with Crippen LogP contribution in [0.2, 0.25) is 0 Å². The number of likely N-dealkylation sites (tertiary alicyclic amines) is 1. The predicted molar refractivity (Wildman–Crippen MR) is 223 cm³/mol. The third-order valence-corrected chi connectivity index (χ3v) is 10.7. The number of likely N-dealkylation sites (N-methyl/N-ethyl adjacent to an activating group) is 1. The van der Waals surface area contributed by atoms with Crippen LogP contribution in [0.3, 0.4) is 0 Å². The number of H-pyrrole nitrogens is 2. The van der Waals surface area contributed by atoms with Crippen molar-refractivity contribution >= 4 is 46.2 Å². The van der Waals surface area contributed by atoms with Crippen LogP contribution in [-0.4, -0.2) is 68.1 Å².